The predicted octanol–water partition coefficient (Wildman–Crippen LogP) is 3.75. The molecule has 0 amide bonds. The van der Waals surface area contributed by atoms with E-state index in [0.717, 1.165) is 44.7 Å². The smallest absolute Gasteiger partial charge is 0.0361 e. The van der Waals surface area contributed by atoms with Gasteiger partial charge in [-0.3, -0.25) is 0 Å². The Labute approximate surface area is 147 Å². The highest BCUT2D eigenvalue weighted by atomic mass is 31.1. The zero-order valence-corrected chi connectivity index (χ0v) is 15.9. The zero-order chi connectivity index (χ0) is 17.5. The van der Waals surface area contributed by atoms with Crippen LogP contribution in [0.15, 0.2) is 49.0 Å². The van der Waals surface area contributed by atoms with Gasteiger partial charge >= 0.3 is 0 Å². The quantitative estimate of drug-likeness (QED) is 0.436. The molecule has 0 bridgehead atoms. The van der Waals surface area contributed by atoms with Crippen molar-refractivity contribution < 1.29 is 0 Å². The molecule has 0 saturated carbocycles. The number of nitrogens with zero attached hydrogens (tertiary/aromatic N) is 1. The van der Waals surface area contributed by atoms with E-state index in [1.165, 1.54) is 16.7 Å². The number of hydrogen-bond donors (Lipinski definition) is 2. The van der Waals surface area contributed by atoms with Crippen LogP contribution >= 0.6 is 8.73 Å². The third kappa shape index (κ3) is 5.09. The second-order valence-corrected chi connectivity index (χ2v) is 7.53. The highest BCUT2D eigenvalue weighted by molar-refractivity contribution is 7.35. The Balaban J connectivity index is 2.17. The van der Waals surface area contributed by atoms with Crippen LogP contribution in [0, 0.1) is 0 Å². The maximum atomic E-state index is 6.20. The van der Waals surface area contributed by atoms with Gasteiger partial charge in [-0.2, -0.15) is 0 Å². The van der Waals surface area contributed by atoms with Crippen molar-refractivity contribution in [2.24, 2.45) is 0 Å². The van der Waals surface area contributed by atoms with Gasteiger partial charge < -0.3 is 15.7 Å². The number of nitrogen functional groups attached to an aromatic ring is 1. The summed E-state index contributed by atoms with van der Waals surface area (Å²) in [7, 11) is 6.84. The number of hydrogen-bond acceptors (Lipinski definition) is 3. The molecule has 0 heterocycles. The molecule has 1 atom stereocenters. The first-order valence-electron chi connectivity index (χ1n) is 8.23. The van der Waals surface area contributed by atoms with E-state index in [1.807, 2.05) is 32.1 Å². The van der Waals surface area contributed by atoms with E-state index < -0.39 is 0 Å². The van der Waals surface area contributed by atoms with Crippen LogP contribution in [0.4, 0.5) is 5.69 Å². The molecule has 0 spiro atoms. The maximum Gasteiger partial charge on any atom is 0.0361 e. The van der Waals surface area contributed by atoms with E-state index in [0.29, 0.717) is 0 Å². The number of nitrogens with two attached hydrogens (primary N) is 1. The summed E-state index contributed by atoms with van der Waals surface area (Å²) in [6.45, 7) is 4.14. The average molecular weight is 341 g/mol. The van der Waals surface area contributed by atoms with Gasteiger partial charge in [-0.1, -0.05) is 45.6 Å². The second kappa shape index (κ2) is 8.86. The lowest BCUT2D eigenvalue weighted by Gasteiger charge is -2.17. The molecule has 3 nitrogen and oxygen atoms in total. The molecule has 0 radical (unpaired) electrons. The molecule has 0 aliphatic heterocycles. The van der Waals surface area contributed by atoms with Crippen molar-refractivity contribution in [3.8, 4) is 0 Å². The number of benzene rings is 2. The fourth-order valence-corrected chi connectivity index (χ4v) is 3.30. The lowest BCUT2D eigenvalue weighted by Crippen LogP contribution is -2.09. The Morgan fingerprint density at radius 2 is 1.96 bits per heavy atom. The van der Waals surface area contributed by atoms with Crippen molar-refractivity contribution in [1.29, 1.82) is 0 Å². The van der Waals surface area contributed by atoms with Gasteiger partial charge in [0.2, 0.25) is 0 Å². The van der Waals surface area contributed by atoms with E-state index in [4.69, 9.17) is 5.73 Å². The van der Waals surface area contributed by atoms with Gasteiger partial charge in [0, 0.05) is 25.5 Å². The molecule has 3 N–H and O–H groups in total. The van der Waals surface area contributed by atoms with Gasteiger partial charge in [0.15, 0.2) is 0 Å². The molecular formula is C20H28N3P. The van der Waals surface area contributed by atoms with Crippen LogP contribution in [-0.4, -0.2) is 32.2 Å². The highest BCUT2D eigenvalue weighted by Gasteiger charge is 2.06. The number of rotatable bonds is 8. The van der Waals surface area contributed by atoms with Gasteiger partial charge in [-0.15, -0.1) is 0 Å². The summed E-state index contributed by atoms with van der Waals surface area (Å²) < 4.78 is 0. The molecule has 0 fully saturated rings. The molecule has 2 rings (SSSR count). The van der Waals surface area contributed by atoms with Crippen LogP contribution in [0.2, 0.25) is 0 Å². The molecule has 2 aromatic carbocycles. The van der Waals surface area contributed by atoms with Crippen LogP contribution in [0.1, 0.15) is 22.3 Å². The number of anilines is 1. The monoisotopic (exact) mass is 341 g/mol. The van der Waals surface area contributed by atoms with Gasteiger partial charge in [-0.05, 0) is 60.4 Å². The summed E-state index contributed by atoms with van der Waals surface area (Å²) in [4.78, 5) is 2.04. The van der Waals surface area contributed by atoms with E-state index in [2.05, 4.69) is 48.1 Å². The Morgan fingerprint density at radius 3 is 2.67 bits per heavy atom. The Hall–Kier alpha value is -1.83. The fraction of sp³-hybridized carbons (Fsp3) is 0.300. The molecule has 0 aromatic heterocycles. The lowest BCUT2D eigenvalue weighted by molar-refractivity contribution is 0.593. The Bertz CT molecular complexity index is 695. The summed E-state index contributed by atoms with van der Waals surface area (Å²) in [5.74, 6) is 0. The van der Waals surface area contributed by atoms with Crippen LogP contribution in [0.3, 0.4) is 0 Å². The van der Waals surface area contributed by atoms with Crippen molar-refractivity contribution in [1.82, 2.24) is 9.99 Å². The van der Waals surface area contributed by atoms with E-state index in [9.17, 15) is 0 Å². The van der Waals surface area contributed by atoms with Crippen molar-refractivity contribution in [2.75, 3.05) is 33.0 Å². The average Bonchev–Trinajstić information content (AvgIpc) is 2.57. The van der Waals surface area contributed by atoms with Gasteiger partial charge in [0.05, 0.1) is 0 Å². The first kappa shape index (κ1) is 18.5. The highest BCUT2D eigenvalue weighted by Crippen LogP contribution is 2.22. The first-order valence-corrected chi connectivity index (χ1v) is 9.44. The SMILES string of the molecule is C=C(c1cccc(Cc2cc(CCPNC)ccc2N)c1)N(C)C. The van der Waals surface area contributed by atoms with E-state index in [1.54, 1.807) is 0 Å². The minimum absolute atomic E-state index is 0.805. The Morgan fingerprint density at radius 1 is 1.17 bits per heavy atom. The van der Waals surface area contributed by atoms with Gasteiger partial charge in [0.1, 0.15) is 0 Å². The van der Waals surface area contributed by atoms with Crippen molar-refractivity contribution in [2.45, 2.75) is 12.8 Å². The summed E-state index contributed by atoms with van der Waals surface area (Å²) in [6, 6.07) is 15.0. The third-order valence-corrected chi connectivity index (χ3v) is 4.97. The minimum Gasteiger partial charge on any atom is -0.398 e. The predicted molar refractivity (Wildman–Crippen MR) is 109 cm³/mol. The lowest BCUT2D eigenvalue weighted by atomic mass is 9.98. The first-order chi connectivity index (χ1) is 11.5. The number of nitrogens with one attached hydrogen (secondary N) is 1. The van der Waals surface area contributed by atoms with Crippen LogP contribution < -0.4 is 10.8 Å². The molecule has 0 aliphatic carbocycles. The van der Waals surface area contributed by atoms with Crippen molar-refractivity contribution in [3.05, 3.63) is 71.3 Å². The van der Waals surface area contributed by atoms with Gasteiger partial charge in [-0.25, -0.2) is 0 Å². The molecule has 4 heteroatoms. The van der Waals surface area contributed by atoms with Crippen LogP contribution in [0.25, 0.3) is 5.70 Å². The van der Waals surface area contributed by atoms with Gasteiger partial charge in [0.25, 0.3) is 0 Å². The van der Waals surface area contributed by atoms with Crippen LogP contribution in [-0.2, 0) is 12.8 Å². The molecule has 2 aromatic rings. The molecule has 24 heavy (non-hydrogen) atoms. The summed E-state index contributed by atoms with van der Waals surface area (Å²) in [5.41, 5.74) is 13.1. The summed E-state index contributed by atoms with van der Waals surface area (Å²) in [6.07, 6.45) is 3.10. The standard InChI is InChI=1S/C20H28N3P/c1-15(23(3)4)18-7-5-6-17(13-18)14-19-12-16(8-9-20(19)21)10-11-24-22-2/h5-9,12-13,22,24H,1,10-11,14,21H2,2-4H3. The molecule has 128 valence electrons. The molecule has 0 saturated heterocycles. The largest absolute Gasteiger partial charge is 0.398 e. The molecule has 0 aliphatic rings. The topological polar surface area (TPSA) is 41.3 Å². The second-order valence-electron chi connectivity index (χ2n) is 6.18. The van der Waals surface area contributed by atoms with E-state index in [-0.39, 0.29) is 0 Å². The number of aryl methyl sites for hydroxylation is 1. The molecule has 1 unspecified atom stereocenters. The van der Waals surface area contributed by atoms with Crippen LogP contribution in [0.5, 0.6) is 0 Å². The zero-order valence-electron chi connectivity index (χ0n) is 14.9. The van der Waals surface area contributed by atoms with Crippen molar-refractivity contribution >= 4 is 20.1 Å². The normalized spacial score (nSPS) is 11.1. The minimum atomic E-state index is 0.805. The molecular weight excluding hydrogens is 313 g/mol. The fourth-order valence-electron chi connectivity index (χ4n) is 2.64. The summed E-state index contributed by atoms with van der Waals surface area (Å²) >= 11 is 0. The van der Waals surface area contributed by atoms with Crippen molar-refractivity contribution in [3.63, 3.8) is 0 Å². The maximum absolute atomic E-state index is 6.20. The Kier molecular flexibility index (Phi) is 6.84. The third-order valence-electron chi connectivity index (χ3n) is 4.12. The van der Waals surface area contributed by atoms with E-state index >= 15 is 0 Å². The summed E-state index contributed by atoms with van der Waals surface area (Å²) in [5, 5.41) is 3.22.